The summed E-state index contributed by atoms with van der Waals surface area (Å²) < 4.78 is 0. The predicted molar refractivity (Wildman–Crippen MR) is 89.2 cm³/mol. The summed E-state index contributed by atoms with van der Waals surface area (Å²) in [6.45, 7) is 4.17. The van der Waals surface area contributed by atoms with Crippen molar-refractivity contribution in [1.82, 2.24) is 10.3 Å². The van der Waals surface area contributed by atoms with Gasteiger partial charge in [-0.3, -0.25) is 4.98 Å². The first-order valence-electron chi connectivity index (χ1n) is 7.51. The van der Waals surface area contributed by atoms with Crippen LogP contribution >= 0.6 is 0 Å². The monoisotopic (exact) mass is 276 g/mol. The second-order valence-corrected chi connectivity index (χ2v) is 5.29. The molecular weight excluding hydrogens is 256 g/mol. The second-order valence-electron chi connectivity index (χ2n) is 5.29. The lowest BCUT2D eigenvalue weighted by Crippen LogP contribution is -2.13. The van der Waals surface area contributed by atoms with Crippen molar-refractivity contribution in [3.8, 4) is 11.1 Å². The highest BCUT2D eigenvalue weighted by Crippen LogP contribution is 2.24. The molecule has 0 spiro atoms. The van der Waals surface area contributed by atoms with Crippen LogP contribution < -0.4 is 5.32 Å². The van der Waals surface area contributed by atoms with Crippen LogP contribution in [0.4, 0.5) is 0 Å². The Morgan fingerprint density at radius 3 is 2.76 bits per heavy atom. The van der Waals surface area contributed by atoms with Crippen LogP contribution in [0.2, 0.25) is 0 Å². The van der Waals surface area contributed by atoms with Crippen molar-refractivity contribution in [3.05, 3.63) is 66.4 Å². The summed E-state index contributed by atoms with van der Waals surface area (Å²) in [7, 11) is 0. The van der Waals surface area contributed by atoms with E-state index in [2.05, 4.69) is 65.8 Å². The Hall–Kier alpha value is -2.19. The number of nitrogens with zero attached hydrogens (tertiary/aromatic N) is 1. The molecule has 106 valence electrons. The quantitative estimate of drug-likeness (QED) is 0.699. The van der Waals surface area contributed by atoms with Crippen LogP contribution in [-0.2, 0) is 6.54 Å². The molecule has 2 nitrogen and oxygen atoms in total. The van der Waals surface area contributed by atoms with Gasteiger partial charge in [0.05, 0.1) is 5.52 Å². The van der Waals surface area contributed by atoms with Crippen LogP contribution in [0, 0.1) is 0 Å². The summed E-state index contributed by atoms with van der Waals surface area (Å²) in [6, 6.07) is 19.3. The summed E-state index contributed by atoms with van der Waals surface area (Å²) >= 11 is 0. The lowest BCUT2D eigenvalue weighted by atomic mass is 10.0. The van der Waals surface area contributed by atoms with E-state index in [1.165, 1.54) is 22.1 Å². The van der Waals surface area contributed by atoms with E-state index in [1.54, 1.807) is 0 Å². The third-order valence-corrected chi connectivity index (χ3v) is 3.62. The fraction of sp³-hybridized carbons (Fsp3) is 0.211. The fourth-order valence-electron chi connectivity index (χ4n) is 2.52. The van der Waals surface area contributed by atoms with Crippen LogP contribution in [0.5, 0.6) is 0 Å². The molecule has 0 unspecified atom stereocenters. The Bertz CT molecular complexity index is 734. The van der Waals surface area contributed by atoms with Gasteiger partial charge in [0, 0.05) is 18.1 Å². The highest BCUT2D eigenvalue weighted by atomic mass is 14.8. The third-order valence-electron chi connectivity index (χ3n) is 3.62. The number of hydrogen-bond acceptors (Lipinski definition) is 2. The number of aromatic nitrogens is 1. The number of nitrogens with one attached hydrogen (secondary N) is 1. The highest BCUT2D eigenvalue weighted by Gasteiger charge is 2.01. The van der Waals surface area contributed by atoms with Gasteiger partial charge in [-0.2, -0.15) is 0 Å². The van der Waals surface area contributed by atoms with Crippen molar-refractivity contribution >= 4 is 10.9 Å². The zero-order valence-corrected chi connectivity index (χ0v) is 12.3. The van der Waals surface area contributed by atoms with Crippen LogP contribution in [0.15, 0.2) is 60.8 Å². The molecule has 21 heavy (non-hydrogen) atoms. The van der Waals surface area contributed by atoms with Crippen LogP contribution in [-0.4, -0.2) is 11.5 Å². The van der Waals surface area contributed by atoms with Crippen molar-refractivity contribution in [2.24, 2.45) is 0 Å². The summed E-state index contributed by atoms with van der Waals surface area (Å²) in [4.78, 5) is 4.44. The predicted octanol–water partition coefficient (Wildman–Crippen LogP) is 4.40. The van der Waals surface area contributed by atoms with Gasteiger partial charge >= 0.3 is 0 Å². The Labute approximate surface area is 125 Å². The van der Waals surface area contributed by atoms with Crippen molar-refractivity contribution in [1.29, 1.82) is 0 Å². The normalized spacial score (nSPS) is 10.9. The summed E-state index contributed by atoms with van der Waals surface area (Å²) in [5.74, 6) is 0. The van der Waals surface area contributed by atoms with E-state index < -0.39 is 0 Å². The van der Waals surface area contributed by atoms with Gasteiger partial charge in [-0.05, 0) is 47.9 Å². The molecule has 3 rings (SSSR count). The Kier molecular flexibility index (Phi) is 4.27. The fourth-order valence-corrected chi connectivity index (χ4v) is 2.52. The van der Waals surface area contributed by atoms with E-state index in [0.717, 1.165) is 25.0 Å². The van der Waals surface area contributed by atoms with Gasteiger partial charge < -0.3 is 5.32 Å². The minimum absolute atomic E-state index is 0.924. The summed E-state index contributed by atoms with van der Waals surface area (Å²) in [6.07, 6.45) is 3.01. The molecular formula is C19H20N2. The molecule has 0 aliphatic heterocycles. The molecule has 0 atom stereocenters. The zero-order valence-electron chi connectivity index (χ0n) is 12.3. The van der Waals surface area contributed by atoms with Crippen LogP contribution in [0.25, 0.3) is 22.0 Å². The molecule has 0 saturated carbocycles. The van der Waals surface area contributed by atoms with Gasteiger partial charge in [0.2, 0.25) is 0 Å². The highest BCUT2D eigenvalue weighted by molar-refractivity contribution is 5.84. The molecule has 1 heterocycles. The van der Waals surface area contributed by atoms with E-state index in [4.69, 9.17) is 0 Å². The molecule has 1 aromatic heterocycles. The molecule has 0 amide bonds. The lowest BCUT2D eigenvalue weighted by Gasteiger charge is -2.07. The number of fused-ring (bicyclic) bond motifs is 1. The van der Waals surface area contributed by atoms with Gasteiger partial charge in [0.1, 0.15) is 0 Å². The molecule has 0 aliphatic carbocycles. The number of hydrogen-bond donors (Lipinski definition) is 1. The lowest BCUT2D eigenvalue weighted by molar-refractivity contribution is 0.675. The summed E-state index contributed by atoms with van der Waals surface area (Å²) in [5.41, 5.74) is 4.84. The zero-order chi connectivity index (χ0) is 14.5. The maximum Gasteiger partial charge on any atom is 0.0708 e. The molecule has 0 aliphatic rings. The van der Waals surface area contributed by atoms with Gasteiger partial charge in [0.15, 0.2) is 0 Å². The van der Waals surface area contributed by atoms with E-state index >= 15 is 0 Å². The Balaban J connectivity index is 1.89. The average Bonchev–Trinajstić information content (AvgIpc) is 2.55. The molecule has 1 N–H and O–H groups in total. The largest absolute Gasteiger partial charge is 0.313 e. The first-order chi connectivity index (χ1) is 10.4. The van der Waals surface area contributed by atoms with Crippen LogP contribution in [0.3, 0.4) is 0 Å². The van der Waals surface area contributed by atoms with Crippen LogP contribution in [0.1, 0.15) is 18.9 Å². The summed E-state index contributed by atoms with van der Waals surface area (Å²) in [5, 5.41) is 4.63. The number of pyridine rings is 1. The van der Waals surface area contributed by atoms with Gasteiger partial charge in [0.25, 0.3) is 0 Å². The van der Waals surface area contributed by atoms with E-state index in [1.807, 2.05) is 12.3 Å². The molecule has 0 radical (unpaired) electrons. The van der Waals surface area contributed by atoms with Crippen molar-refractivity contribution in [2.75, 3.05) is 6.54 Å². The topological polar surface area (TPSA) is 24.9 Å². The van der Waals surface area contributed by atoms with Crippen molar-refractivity contribution in [3.63, 3.8) is 0 Å². The molecule has 2 heteroatoms. The first-order valence-corrected chi connectivity index (χ1v) is 7.51. The van der Waals surface area contributed by atoms with Crippen molar-refractivity contribution < 1.29 is 0 Å². The standard InChI is InChI=1S/C19H20N2/c1-2-10-20-14-15-5-3-6-17(12-15)18-9-8-16-7-4-11-21-19(16)13-18/h3-9,11-13,20H,2,10,14H2,1H3. The molecule has 0 fully saturated rings. The second kappa shape index (κ2) is 6.51. The van der Waals surface area contributed by atoms with Gasteiger partial charge in [-0.1, -0.05) is 43.3 Å². The third kappa shape index (κ3) is 3.29. The maximum absolute atomic E-state index is 4.44. The van der Waals surface area contributed by atoms with Gasteiger partial charge in [-0.15, -0.1) is 0 Å². The molecule has 0 saturated heterocycles. The minimum atomic E-state index is 0.924. The van der Waals surface area contributed by atoms with E-state index in [0.29, 0.717) is 0 Å². The van der Waals surface area contributed by atoms with E-state index in [9.17, 15) is 0 Å². The number of benzene rings is 2. The first kappa shape index (κ1) is 13.8. The van der Waals surface area contributed by atoms with Gasteiger partial charge in [-0.25, -0.2) is 0 Å². The minimum Gasteiger partial charge on any atom is -0.313 e. The SMILES string of the molecule is CCCNCc1cccc(-c2ccc3cccnc3c2)c1. The molecule has 3 aromatic rings. The Morgan fingerprint density at radius 2 is 1.86 bits per heavy atom. The van der Waals surface area contributed by atoms with E-state index in [-0.39, 0.29) is 0 Å². The molecule has 0 bridgehead atoms. The number of rotatable bonds is 5. The Morgan fingerprint density at radius 1 is 0.952 bits per heavy atom. The average molecular weight is 276 g/mol. The maximum atomic E-state index is 4.44. The smallest absolute Gasteiger partial charge is 0.0708 e. The van der Waals surface area contributed by atoms with Crippen molar-refractivity contribution in [2.45, 2.75) is 19.9 Å². The molecule has 2 aromatic carbocycles.